The third kappa shape index (κ3) is 4.50. The van der Waals surface area contributed by atoms with Gasteiger partial charge in [0.25, 0.3) is 0 Å². The van der Waals surface area contributed by atoms with E-state index in [1.807, 2.05) is 25.1 Å². The zero-order chi connectivity index (χ0) is 23.0. The molecule has 2 saturated heterocycles. The number of hydrogen-bond acceptors (Lipinski definition) is 4. The molecule has 2 aliphatic heterocycles. The molecule has 4 rings (SSSR count). The second-order valence-corrected chi connectivity index (χ2v) is 10.4. The van der Waals surface area contributed by atoms with Crippen LogP contribution < -0.4 is 4.90 Å². The molecule has 0 amide bonds. The number of para-hydroxylation sites is 1. The fourth-order valence-electron chi connectivity index (χ4n) is 5.05. The van der Waals surface area contributed by atoms with Crippen LogP contribution >= 0.6 is 23.2 Å². The number of methoxy groups -OCH3 is 1. The summed E-state index contributed by atoms with van der Waals surface area (Å²) < 4.78 is 5.01. The van der Waals surface area contributed by atoms with Crippen LogP contribution in [0.15, 0.2) is 30.3 Å². The Kier molecular flexibility index (Phi) is 6.76. The van der Waals surface area contributed by atoms with Gasteiger partial charge in [-0.05, 0) is 81.1 Å². The molecule has 0 N–H and O–H groups in total. The van der Waals surface area contributed by atoms with Crippen molar-refractivity contribution in [2.24, 2.45) is 5.41 Å². The first-order chi connectivity index (χ1) is 15.2. The molecule has 0 atom stereocenters. The number of carbonyl (C=O) groups excluding carboxylic acids is 1. The second kappa shape index (κ2) is 9.24. The number of nitrogens with zero attached hydrogens (tertiary/aromatic N) is 2. The van der Waals surface area contributed by atoms with E-state index < -0.39 is 0 Å². The minimum absolute atomic E-state index is 0.0820. The van der Waals surface area contributed by atoms with Gasteiger partial charge >= 0.3 is 5.97 Å². The molecule has 4 nitrogen and oxygen atoms in total. The lowest BCUT2D eigenvalue weighted by Gasteiger charge is -2.42. The summed E-state index contributed by atoms with van der Waals surface area (Å²) in [7, 11) is 1.48. The topological polar surface area (TPSA) is 32.8 Å². The van der Waals surface area contributed by atoms with Crippen molar-refractivity contribution in [1.29, 1.82) is 0 Å². The standard InChI is InChI=1S/C26H32Cl2N2O2/c1-17-12-19(20-14-30(15-20)24-22(27)6-5-7-23(24)28)13-18(2)21(17)16-29-10-8-26(3,9-11-29)25(31)32-4/h5-7,12-13,20H,8-11,14-16H2,1-4H3. The van der Waals surface area contributed by atoms with E-state index in [4.69, 9.17) is 27.9 Å². The van der Waals surface area contributed by atoms with Gasteiger partial charge in [0.2, 0.25) is 0 Å². The van der Waals surface area contributed by atoms with Gasteiger partial charge in [-0.25, -0.2) is 0 Å². The molecule has 2 aromatic rings. The number of carbonyl (C=O) groups is 1. The van der Waals surface area contributed by atoms with Crippen LogP contribution in [0.1, 0.15) is 47.9 Å². The van der Waals surface area contributed by atoms with Gasteiger partial charge in [0.15, 0.2) is 0 Å². The number of anilines is 1. The number of hydrogen-bond donors (Lipinski definition) is 0. The lowest BCUT2D eigenvalue weighted by atomic mass is 9.80. The molecule has 0 aliphatic carbocycles. The molecule has 2 fully saturated rings. The molecule has 0 unspecified atom stereocenters. The van der Waals surface area contributed by atoms with E-state index in [0.717, 1.165) is 51.3 Å². The number of esters is 1. The summed E-state index contributed by atoms with van der Waals surface area (Å²) >= 11 is 12.8. The van der Waals surface area contributed by atoms with Crippen LogP contribution in [-0.2, 0) is 16.1 Å². The highest BCUT2D eigenvalue weighted by molar-refractivity contribution is 6.39. The smallest absolute Gasteiger partial charge is 0.311 e. The van der Waals surface area contributed by atoms with Gasteiger partial charge in [0.05, 0.1) is 28.3 Å². The van der Waals surface area contributed by atoms with Crippen LogP contribution in [0, 0.1) is 19.3 Å². The second-order valence-electron chi connectivity index (χ2n) is 9.63. The van der Waals surface area contributed by atoms with Crippen LogP contribution in [0.4, 0.5) is 5.69 Å². The first kappa shape index (κ1) is 23.4. The molecule has 0 saturated carbocycles. The highest BCUT2D eigenvalue weighted by Crippen LogP contribution is 2.41. The molecule has 0 bridgehead atoms. The molecular formula is C26H32Cl2N2O2. The highest BCUT2D eigenvalue weighted by atomic mass is 35.5. The molecule has 2 heterocycles. The molecular weight excluding hydrogens is 443 g/mol. The van der Waals surface area contributed by atoms with Crippen molar-refractivity contribution >= 4 is 34.9 Å². The normalized spacial score (nSPS) is 19.0. The maximum atomic E-state index is 12.1. The van der Waals surface area contributed by atoms with Crippen molar-refractivity contribution in [3.8, 4) is 0 Å². The molecule has 2 aliphatic rings. The summed E-state index contributed by atoms with van der Waals surface area (Å²) in [6, 6.07) is 10.4. The maximum absolute atomic E-state index is 12.1. The Labute approximate surface area is 201 Å². The van der Waals surface area contributed by atoms with Crippen LogP contribution in [0.5, 0.6) is 0 Å². The lowest BCUT2D eigenvalue weighted by Crippen LogP contribution is -2.45. The predicted octanol–water partition coefficient (Wildman–Crippen LogP) is 5.99. The fourth-order valence-corrected chi connectivity index (χ4v) is 5.69. The quantitative estimate of drug-likeness (QED) is 0.498. The number of ether oxygens (including phenoxy) is 1. The largest absolute Gasteiger partial charge is 0.469 e. The van der Waals surface area contributed by atoms with Crippen molar-refractivity contribution in [1.82, 2.24) is 4.90 Å². The minimum atomic E-state index is -0.347. The Morgan fingerprint density at radius 2 is 1.66 bits per heavy atom. The number of likely N-dealkylation sites (tertiary alicyclic amines) is 1. The third-order valence-electron chi connectivity index (χ3n) is 7.34. The van der Waals surface area contributed by atoms with Gasteiger partial charge in [0.1, 0.15) is 0 Å². The van der Waals surface area contributed by atoms with Gasteiger partial charge in [-0.1, -0.05) is 41.4 Å². The Hall–Kier alpha value is -1.75. The predicted molar refractivity (Wildman–Crippen MR) is 132 cm³/mol. The van der Waals surface area contributed by atoms with Crippen LogP contribution in [0.3, 0.4) is 0 Å². The number of rotatable bonds is 5. The Morgan fingerprint density at radius 1 is 1.09 bits per heavy atom. The molecule has 172 valence electrons. The van der Waals surface area contributed by atoms with Gasteiger partial charge < -0.3 is 9.64 Å². The zero-order valence-electron chi connectivity index (χ0n) is 19.4. The van der Waals surface area contributed by atoms with Gasteiger partial charge in [-0.2, -0.15) is 0 Å². The van der Waals surface area contributed by atoms with E-state index in [1.165, 1.54) is 29.4 Å². The van der Waals surface area contributed by atoms with Gasteiger partial charge in [-0.15, -0.1) is 0 Å². The molecule has 0 aromatic heterocycles. The summed E-state index contributed by atoms with van der Waals surface area (Å²) in [5, 5.41) is 1.42. The van der Waals surface area contributed by atoms with Gasteiger partial charge in [-0.3, -0.25) is 9.69 Å². The SMILES string of the molecule is COC(=O)C1(C)CCN(Cc2c(C)cc(C3CN(c4c(Cl)cccc4Cl)C3)cc2C)CC1. The highest BCUT2D eigenvalue weighted by Gasteiger charge is 2.38. The van der Waals surface area contributed by atoms with Crippen molar-refractivity contribution in [2.45, 2.75) is 46.1 Å². The molecule has 0 spiro atoms. The summed E-state index contributed by atoms with van der Waals surface area (Å²) in [4.78, 5) is 16.8. The number of halogens is 2. The molecule has 0 radical (unpaired) electrons. The minimum Gasteiger partial charge on any atom is -0.469 e. The van der Waals surface area contributed by atoms with Crippen molar-refractivity contribution in [3.05, 3.63) is 62.6 Å². The molecule has 2 aromatic carbocycles. The Morgan fingerprint density at radius 3 is 2.19 bits per heavy atom. The molecule has 32 heavy (non-hydrogen) atoms. The van der Waals surface area contributed by atoms with E-state index in [0.29, 0.717) is 16.0 Å². The van der Waals surface area contributed by atoms with E-state index in [2.05, 4.69) is 35.8 Å². The Bertz CT molecular complexity index is 966. The van der Waals surface area contributed by atoms with E-state index in [9.17, 15) is 4.79 Å². The summed E-state index contributed by atoms with van der Waals surface area (Å²) in [5.74, 6) is 0.408. The van der Waals surface area contributed by atoms with Crippen molar-refractivity contribution in [3.63, 3.8) is 0 Å². The number of aryl methyl sites for hydroxylation is 2. The van der Waals surface area contributed by atoms with Crippen molar-refractivity contribution in [2.75, 3.05) is 38.2 Å². The van der Waals surface area contributed by atoms with E-state index in [-0.39, 0.29) is 11.4 Å². The van der Waals surface area contributed by atoms with Crippen LogP contribution in [-0.4, -0.2) is 44.2 Å². The average Bonchev–Trinajstić information content (AvgIpc) is 2.72. The van der Waals surface area contributed by atoms with Crippen molar-refractivity contribution < 1.29 is 9.53 Å². The Balaban J connectivity index is 1.40. The summed E-state index contributed by atoms with van der Waals surface area (Å²) in [6.07, 6.45) is 1.69. The zero-order valence-corrected chi connectivity index (χ0v) is 20.9. The van der Waals surface area contributed by atoms with Crippen LogP contribution in [0.2, 0.25) is 10.0 Å². The van der Waals surface area contributed by atoms with Gasteiger partial charge in [0, 0.05) is 25.6 Å². The lowest BCUT2D eigenvalue weighted by molar-refractivity contribution is -0.154. The number of benzene rings is 2. The average molecular weight is 475 g/mol. The van der Waals surface area contributed by atoms with E-state index >= 15 is 0 Å². The maximum Gasteiger partial charge on any atom is 0.311 e. The third-order valence-corrected chi connectivity index (χ3v) is 7.95. The molecule has 6 heteroatoms. The fraction of sp³-hybridized carbons (Fsp3) is 0.500. The first-order valence-electron chi connectivity index (χ1n) is 11.3. The summed E-state index contributed by atoms with van der Waals surface area (Å²) in [6.45, 7) is 11.1. The van der Waals surface area contributed by atoms with E-state index in [1.54, 1.807) is 0 Å². The first-order valence-corrected chi connectivity index (χ1v) is 12.1. The monoisotopic (exact) mass is 474 g/mol. The van der Waals surface area contributed by atoms with Crippen LogP contribution in [0.25, 0.3) is 0 Å². The summed E-state index contributed by atoms with van der Waals surface area (Å²) in [5.41, 5.74) is 6.08. The number of piperidine rings is 1.